The van der Waals surface area contributed by atoms with Crippen molar-refractivity contribution in [2.45, 2.75) is 483 Å². The first-order chi connectivity index (χ1) is 51.0. The first-order valence-electron chi connectivity index (χ1n) is 44.6. The molecule has 624 valence electrons. The summed E-state index contributed by atoms with van der Waals surface area (Å²) in [4.78, 5) is 73.2. The van der Waals surface area contributed by atoms with E-state index in [-0.39, 0.29) is 25.7 Å². The van der Waals surface area contributed by atoms with Gasteiger partial charge in [0.25, 0.3) is 0 Å². The van der Waals surface area contributed by atoms with Gasteiger partial charge < -0.3 is 33.8 Å². The van der Waals surface area contributed by atoms with E-state index in [0.717, 1.165) is 96.3 Å². The number of hydrogen-bond donors (Lipinski definition) is 3. The van der Waals surface area contributed by atoms with E-state index in [1.54, 1.807) is 0 Å². The van der Waals surface area contributed by atoms with Crippen molar-refractivity contribution in [3.05, 3.63) is 0 Å². The predicted octanol–water partition coefficient (Wildman–Crippen LogP) is 26.4. The smallest absolute Gasteiger partial charge is 0.462 e. The van der Waals surface area contributed by atoms with Crippen molar-refractivity contribution in [2.75, 3.05) is 39.6 Å². The van der Waals surface area contributed by atoms with Gasteiger partial charge >= 0.3 is 39.5 Å². The molecule has 3 N–H and O–H groups in total. The quantitative estimate of drug-likeness (QED) is 0.0222. The lowest BCUT2D eigenvalue weighted by Gasteiger charge is -2.21. The number of ether oxygens (including phenoxy) is 4. The number of hydrogen-bond acceptors (Lipinski definition) is 15. The number of phosphoric ester groups is 2. The average Bonchev–Trinajstić information content (AvgIpc) is 0.930. The van der Waals surface area contributed by atoms with Gasteiger partial charge in [0.15, 0.2) is 12.2 Å². The molecule has 0 amide bonds. The van der Waals surface area contributed by atoms with Crippen LogP contribution < -0.4 is 0 Å². The number of rotatable bonds is 86. The molecular weight excluding hydrogens is 1370 g/mol. The first kappa shape index (κ1) is 103. The van der Waals surface area contributed by atoms with Crippen LogP contribution >= 0.6 is 15.6 Å². The highest BCUT2D eigenvalue weighted by Gasteiger charge is 2.30. The number of carbonyl (C=O) groups excluding carboxylic acids is 4. The number of phosphoric acid groups is 2. The zero-order valence-corrected chi connectivity index (χ0v) is 70.7. The fraction of sp³-hybridized carbons (Fsp3) is 0.953. The molecule has 0 aromatic carbocycles. The maximum atomic E-state index is 13.1. The summed E-state index contributed by atoms with van der Waals surface area (Å²) in [7, 11) is -9.93. The maximum absolute atomic E-state index is 13.1. The van der Waals surface area contributed by atoms with Crippen LogP contribution in [0.2, 0.25) is 0 Å². The molecule has 0 aliphatic carbocycles. The third-order valence-electron chi connectivity index (χ3n) is 20.3. The Hall–Kier alpha value is -1.94. The van der Waals surface area contributed by atoms with Gasteiger partial charge in [-0.25, -0.2) is 9.13 Å². The fourth-order valence-electron chi connectivity index (χ4n) is 13.5. The molecular formula is C86H168O17P2. The number of esters is 4. The normalized spacial score (nSPS) is 13.8. The Morgan fingerprint density at radius 3 is 0.648 bits per heavy atom. The van der Waals surface area contributed by atoms with Crippen molar-refractivity contribution in [3.8, 4) is 0 Å². The molecule has 2 unspecified atom stereocenters. The Balaban J connectivity index is 5.22. The van der Waals surface area contributed by atoms with E-state index in [2.05, 4.69) is 34.6 Å². The van der Waals surface area contributed by atoms with Crippen LogP contribution in [0.3, 0.4) is 0 Å². The molecule has 19 heteroatoms. The van der Waals surface area contributed by atoms with Crippen molar-refractivity contribution in [1.29, 1.82) is 0 Å². The molecule has 105 heavy (non-hydrogen) atoms. The minimum absolute atomic E-state index is 0.108. The summed E-state index contributed by atoms with van der Waals surface area (Å²) in [6.45, 7) is 7.31. The molecule has 0 aromatic rings. The maximum Gasteiger partial charge on any atom is 0.472 e. The summed E-state index contributed by atoms with van der Waals surface area (Å²) in [5, 5.41) is 10.7. The van der Waals surface area contributed by atoms with E-state index >= 15 is 0 Å². The minimum Gasteiger partial charge on any atom is -0.462 e. The molecule has 0 aliphatic heterocycles. The lowest BCUT2D eigenvalue weighted by Crippen LogP contribution is -2.30. The topological polar surface area (TPSA) is 237 Å². The molecule has 0 aromatic heterocycles. The minimum atomic E-state index is -4.97. The number of aliphatic hydroxyl groups is 1. The van der Waals surface area contributed by atoms with Crippen molar-refractivity contribution in [2.24, 2.45) is 5.92 Å². The molecule has 0 fully saturated rings. The van der Waals surface area contributed by atoms with Gasteiger partial charge in [-0.1, -0.05) is 413 Å². The van der Waals surface area contributed by atoms with E-state index < -0.39 is 97.5 Å². The summed E-state index contributed by atoms with van der Waals surface area (Å²) in [6, 6.07) is 0. The molecule has 0 rings (SSSR count). The van der Waals surface area contributed by atoms with Crippen LogP contribution in [0.15, 0.2) is 0 Å². The summed E-state index contributed by atoms with van der Waals surface area (Å²) in [5.41, 5.74) is 0. The molecule has 0 aliphatic rings. The summed E-state index contributed by atoms with van der Waals surface area (Å²) in [6.07, 6.45) is 72.4. The van der Waals surface area contributed by atoms with E-state index in [9.17, 15) is 43.2 Å². The molecule has 0 spiro atoms. The van der Waals surface area contributed by atoms with Crippen LogP contribution in [-0.4, -0.2) is 96.7 Å². The number of unbranched alkanes of at least 4 members (excludes halogenated alkanes) is 58. The fourth-order valence-corrected chi connectivity index (χ4v) is 15.1. The second-order valence-electron chi connectivity index (χ2n) is 31.4. The largest absolute Gasteiger partial charge is 0.472 e. The molecule has 5 atom stereocenters. The van der Waals surface area contributed by atoms with Gasteiger partial charge in [0.1, 0.15) is 19.3 Å². The SMILES string of the molecule is CCCCCCCCCCCCCCCCCCCCCCCC(=O)O[C@H](COC(=O)CCCCCCCCCCCCCCCCCCCCC)COP(=O)(O)OC[C@@H](O)COP(=O)(O)OC[C@@H](COC(=O)CCCCCCCCCC(C)C)OC(=O)CCCCCCCCCCCCCCCCC. The lowest BCUT2D eigenvalue weighted by atomic mass is 10.0. The van der Waals surface area contributed by atoms with Crippen LogP contribution in [0.25, 0.3) is 0 Å². The highest BCUT2D eigenvalue weighted by Crippen LogP contribution is 2.45. The summed E-state index contributed by atoms with van der Waals surface area (Å²) in [5.74, 6) is -1.40. The Kier molecular flexibility index (Phi) is 77.3. The van der Waals surface area contributed by atoms with E-state index in [0.29, 0.717) is 31.6 Å². The van der Waals surface area contributed by atoms with Gasteiger partial charge in [-0.3, -0.25) is 37.3 Å². The highest BCUT2D eigenvalue weighted by atomic mass is 31.2. The van der Waals surface area contributed by atoms with E-state index in [1.165, 1.54) is 283 Å². The summed E-state index contributed by atoms with van der Waals surface area (Å²) >= 11 is 0. The standard InChI is InChI=1S/C86H168O17P2/c1-6-9-12-15-18-21-24-27-30-32-34-35-37-39-42-45-48-51-56-62-67-72-85(90)102-81(75-96-83(88)69-64-59-54-49-46-43-41-38-36-33-31-28-25-22-19-16-13-10-7-2)77-100-104(92,93)98-73-80(87)74-99-105(94,95)101-78-82(76-97-84(89)70-65-60-57-52-53-58-63-68-79(4)5)103-86(91)71-66-61-55-50-47-44-40-29-26-23-20-17-14-11-8-3/h79-82,87H,6-78H2,1-5H3,(H,92,93)(H,94,95)/t80-,81-,82-/m1/s1. The number of aliphatic hydroxyl groups excluding tert-OH is 1. The van der Waals surface area contributed by atoms with Gasteiger partial charge in [-0.15, -0.1) is 0 Å². The van der Waals surface area contributed by atoms with Crippen LogP contribution in [0, 0.1) is 5.92 Å². The Morgan fingerprint density at radius 1 is 0.257 bits per heavy atom. The zero-order chi connectivity index (χ0) is 76.9. The monoisotopic (exact) mass is 1540 g/mol. The first-order valence-corrected chi connectivity index (χ1v) is 47.6. The average molecular weight is 1540 g/mol. The van der Waals surface area contributed by atoms with Crippen molar-refractivity contribution < 1.29 is 80.2 Å². The second-order valence-corrected chi connectivity index (χ2v) is 34.3. The highest BCUT2D eigenvalue weighted by molar-refractivity contribution is 7.47. The Labute approximate surface area is 645 Å². The third-order valence-corrected chi connectivity index (χ3v) is 22.2. The van der Waals surface area contributed by atoms with Gasteiger partial charge in [0, 0.05) is 25.7 Å². The molecule has 0 heterocycles. The van der Waals surface area contributed by atoms with Crippen molar-refractivity contribution in [1.82, 2.24) is 0 Å². The van der Waals surface area contributed by atoms with Gasteiger partial charge in [-0.05, 0) is 31.6 Å². The number of carbonyl (C=O) groups is 4. The third kappa shape index (κ3) is 79.9. The van der Waals surface area contributed by atoms with Gasteiger partial charge in [0.05, 0.1) is 26.4 Å². The molecule has 0 bridgehead atoms. The Morgan fingerprint density at radius 2 is 0.438 bits per heavy atom. The van der Waals surface area contributed by atoms with E-state index in [1.807, 2.05) is 0 Å². The molecule has 0 radical (unpaired) electrons. The van der Waals surface area contributed by atoms with Crippen molar-refractivity contribution in [3.63, 3.8) is 0 Å². The second kappa shape index (κ2) is 78.7. The zero-order valence-electron chi connectivity index (χ0n) is 68.9. The molecule has 17 nitrogen and oxygen atoms in total. The predicted molar refractivity (Wildman–Crippen MR) is 432 cm³/mol. The van der Waals surface area contributed by atoms with Crippen LogP contribution in [-0.2, 0) is 65.4 Å². The van der Waals surface area contributed by atoms with Crippen LogP contribution in [0.4, 0.5) is 0 Å². The van der Waals surface area contributed by atoms with Gasteiger partial charge in [-0.2, -0.15) is 0 Å². The Bertz CT molecular complexity index is 2000. The van der Waals surface area contributed by atoms with Crippen LogP contribution in [0.5, 0.6) is 0 Å². The van der Waals surface area contributed by atoms with Crippen molar-refractivity contribution >= 4 is 39.5 Å². The van der Waals surface area contributed by atoms with E-state index in [4.69, 9.17) is 37.0 Å². The van der Waals surface area contributed by atoms with Crippen LogP contribution in [0.1, 0.15) is 465 Å². The van der Waals surface area contributed by atoms with Gasteiger partial charge in [0.2, 0.25) is 0 Å². The molecule has 0 saturated carbocycles. The molecule has 0 saturated heterocycles. The lowest BCUT2D eigenvalue weighted by molar-refractivity contribution is -0.161. The summed E-state index contributed by atoms with van der Waals surface area (Å²) < 4.78 is 68.9.